The van der Waals surface area contributed by atoms with Gasteiger partial charge in [0.1, 0.15) is 0 Å². The largest absolute Gasteiger partial charge is 0.481 e. The van der Waals surface area contributed by atoms with E-state index < -0.39 is 5.97 Å². The van der Waals surface area contributed by atoms with Gasteiger partial charge in [0.25, 0.3) is 5.91 Å². The zero-order valence-electron chi connectivity index (χ0n) is 12.1. The van der Waals surface area contributed by atoms with Crippen molar-refractivity contribution in [2.75, 3.05) is 11.9 Å². The molecule has 0 spiro atoms. The molecule has 0 bridgehead atoms. The Morgan fingerprint density at radius 1 is 1.27 bits per heavy atom. The summed E-state index contributed by atoms with van der Waals surface area (Å²) in [5.74, 6) is -0.773. The number of carboxylic acids is 1. The number of hydrogen-bond acceptors (Lipinski definition) is 4. The summed E-state index contributed by atoms with van der Waals surface area (Å²) in [6.07, 6.45) is 1.34. The number of carbonyl (C=O) groups excluding carboxylic acids is 1. The van der Waals surface area contributed by atoms with Gasteiger partial charge in [-0.1, -0.05) is 12.1 Å². The minimum Gasteiger partial charge on any atom is -0.481 e. The first-order valence-corrected chi connectivity index (χ1v) is 6.79. The molecule has 0 atom stereocenters. The van der Waals surface area contributed by atoms with Crippen molar-refractivity contribution in [2.24, 2.45) is 0 Å². The fourth-order valence-electron chi connectivity index (χ4n) is 1.88. The van der Waals surface area contributed by atoms with E-state index in [-0.39, 0.29) is 12.3 Å². The maximum Gasteiger partial charge on any atom is 0.307 e. The first-order valence-electron chi connectivity index (χ1n) is 6.79. The standard InChI is InChI=1S/C16H16N2O4/c1-2-22-14-7-6-12(10-17-14)16(21)18-13-5-3-4-11(8-13)9-15(19)20/h3-8,10H,2,9H2,1H3,(H,18,21)(H,19,20). The number of ether oxygens (including phenoxy) is 1. The van der Waals surface area contributed by atoms with Crippen LogP contribution in [0, 0.1) is 0 Å². The molecule has 0 saturated heterocycles. The lowest BCUT2D eigenvalue weighted by Gasteiger charge is -2.07. The minimum absolute atomic E-state index is 0.0890. The summed E-state index contributed by atoms with van der Waals surface area (Å²) in [5, 5.41) is 11.5. The highest BCUT2D eigenvalue weighted by molar-refractivity contribution is 6.04. The Labute approximate surface area is 127 Å². The third-order valence-corrected chi connectivity index (χ3v) is 2.83. The molecule has 2 N–H and O–H groups in total. The van der Waals surface area contributed by atoms with Gasteiger partial charge in [-0.05, 0) is 30.7 Å². The number of pyridine rings is 1. The van der Waals surface area contributed by atoms with Crippen molar-refractivity contribution in [1.82, 2.24) is 4.98 Å². The van der Waals surface area contributed by atoms with Gasteiger partial charge in [0.2, 0.25) is 5.88 Å². The molecular weight excluding hydrogens is 284 g/mol. The number of aromatic nitrogens is 1. The van der Waals surface area contributed by atoms with Gasteiger partial charge in [-0.15, -0.1) is 0 Å². The van der Waals surface area contributed by atoms with E-state index in [1.165, 1.54) is 6.20 Å². The second-order valence-electron chi connectivity index (χ2n) is 4.54. The van der Waals surface area contributed by atoms with Crippen molar-refractivity contribution in [1.29, 1.82) is 0 Å². The normalized spacial score (nSPS) is 10.0. The molecule has 22 heavy (non-hydrogen) atoms. The number of nitrogens with one attached hydrogen (secondary N) is 1. The van der Waals surface area contributed by atoms with E-state index in [2.05, 4.69) is 10.3 Å². The fourth-order valence-corrected chi connectivity index (χ4v) is 1.88. The molecule has 0 aliphatic heterocycles. The molecule has 114 valence electrons. The topological polar surface area (TPSA) is 88.5 Å². The predicted octanol–water partition coefficient (Wildman–Crippen LogP) is 2.36. The van der Waals surface area contributed by atoms with E-state index in [1.807, 2.05) is 6.92 Å². The highest BCUT2D eigenvalue weighted by atomic mass is 16.5. The number of rotatable bonds is 6. The van der Waals surface area contributed by atoms with Crippen LogP contribution >= 0.6 is 0 Å². The molecule has 0 aliphatic rings. The van der Waals surface area contributed by atoms with E-state index >= 15 is 0 Å². The highest BCUT2D eigenvalue weighted by Gasteiger charge is 2.08. The quantitative estimate of drug-likeness (QED) is 0.855. The molecule has 1 amide bonds. The van der Waals surface area contributed by atoms with Crippen LogP contribution in [0.3, 0.4) is 0 Å². The van der Waals surface area contributed by atoms with Crippen molar-refractivity contribution in [2.45, 2.75) is 13.3 Å². The maximum absolute atomic E-state index is 12.1. The van der Waals surface area contributed by atoms with Crippen LogP contribution < -0.4 is 10.1 Å². The van der Waals surface area contributed by atoms with Crippen LogP contribution in [0.25, 0.3) is 0 Å². The van der Waals surface area contributed by atoms with Crippen LogP contribution in [-0.2, 0) is 11.2 Å². The minimum atomic E-state index is -0.917. The van der Waals surface area contributed by atoms with E-state index in [1.54, 1.807) is 36.4 Å². The van der Waals surface area contributed by atoms with Gasteiger partial charge >= 0.3 is 5.97 Å². The number of amides is 1. The van der Waals surface area contributed by atoms with Crippen molar-refractivity contribution in [3.63, 3.8) is 0 Å². The maximum atomic E-state index is 12.1. The third kappa shape index (κ3) is 4.31. The van der Waals surface area contributed by atoms with E-state index in [0.29, 0.717) is 29.3 Å². The number of benzene rings is 1. The monoisotopic (exact) mass is 300 g/mol. The predicted molar refractivity (Wildman–Crippen MR) is 81.1 cm³/mol. The zero-order chi connectivity index (χ0) is 15.9. The Kier molecular flexibility index (Phi) is 5.08. The first kappa shape index (κ1) is 15.5. The summed E-state index contributed by atoms with van der Waals surface area (Å²) in [6, 6.07) is 9.97. The number of nitrogens with zero attached hydrogens (tertiary/aromatic N) is 1. The molecule has 1 heterocycles. The molecule has 0 saturated carbocycles. The number of carboxylic acid groups (broad SMARTS) is 1. The average Bonchev–Trinajstić information content (AvgIpc) is 2.48. The van der Waals surface area contributed by atoms with E-state index in [4.69, 9.17) is 9.84 Å². The van der Waals surface area contributed by atoms with E-state index in [0.717, 1.165) is 0 Å². The Balaban J connectivity index is 2.06. The Morgan fingerprint density at radius 3 is 2.73 bits per heavy atom. The lowest BCUT2D eigenvalue weighted by molar-refractivity contribution is -0.136. The van der Waals surface area contributed by atoms with Gasteiger partial charge in [0.15, 0.2) is 0 Å². The van der Waals surface area contributed by atoms with Crippen molar-refractivity contribution in [3.05, 3.63) is 53.7 Å². The number of anilines is 1. The number of hydrogen-bond donors (Lipinski definition) is 2. The fraction of sp³-hybridized carbons (Fsp3) is 0.188. The Morgan fingerprint density at radius 2 is 2.09 bits per heavy atom. The lowest BCUT2D eigenvalue weighted by atomic mass is 10.1. The Bertz CT molecular complexity index is 668. The SMILES string of the molecule is CCOc1ccc(C(=O)Nc2cccc(CC(=O)O)c2)cn1. The molecule has 0 radical (unpaired) electrons. The molecule has 1 aromatic carbocycles. The first-order chi connectivity index (χ1) is 10.6. The molecule has 2 aromatic rings. The van der Waals surface area contributed by atoms with E-state index in [9.17, 15) is 9.59 Å². The summed E-state index contributed by atoms with van der Waals surface area (Å²) in [7, 11) is 0. The van der Waals surface area contributed by atoms with Gasteiger partial charge in [-0.3, -0.25) is 9.59 Å². The smallest absolute Gasteiger partial charge is 0.307 e. The van der Waals surface area contributed by atoms with Crippen molar-refractivity contribution < 1.29 is 19.4 Å². The second kappa shape index (κ2) is 7.21. The van der Waals surface area contributed by atoms with Crippen LogP contribution in [0.4, 0.5) is 5.69 Å². The van der Waals surface area contributed by atoms with Crippen LogP contribution in [0.15, 0.2) is 42.6 Å². The zero-order valence-corrected chi connectivity index (χ0v) is 12.1. The highest BCUT2D eigenvalue weighted by Crippen LogP contribution is 2.14. The summed E-state index contributed by atoms with van der Waals surface area (Å²) < 4.78 is 5.21. The number of carbonyl (C=O) groups is 2. The molecule has 6 heteroatoms. The van der Waals surface area contributed by atoms with Gasteiger partial charge in [-0.25, -0.2) is 4.98 Å². The third-order valence-electron chi connectivity index (χ3n) is 2.83. The second-order valence-corrected chi connectivity index (χ2v) is 4.54. The summed E-state index contributed by atoms with van der Waals surface area (Å²) in [6.45, 7) is 2.36. The molecular formula is C16H16N2O4. The molecule has 1 aromatic heterocycles. The molecule has 6 nitrogen and oxygen atoms in total. The van der Waals surface area contributed by atoms with Crippen LogP contribution in [0.1, 0.15) is 22.8 Å². The molecule has 0 aliphatic carbocycles. The van der Waals surface area contributed by atoms with Crippen molar-refractivity contribution in [3.8, 4) is 5.88 Å². The number of aliphatic carboxylic acids is 1. The summed E-state index contributed by atoms with van der Waals surface area (Å²) in [5.41, 5.74) is 1.56. The Hall–Kier alpha value is -2.89. The van der Waals surface area contributed by atoms with Crippen LogP contribution in [0.2, 0.25) is 0 Å². The molecule has 0 fully saturated rings. The van der Waals surface area contributed by atoms with Gasteiger partial charge < -0.3 is 15.2 Å². The van der Waals surface area contributed by atoms with Gasteiger partial charge in [0.05, 0.1) is 18.6 Å². The lowest BCUT2D eigenvalue weighted by Crippen LogP contribution is -2.12. The average molecular weight is 300 g/mol. The molecule has 0 unspecified atom stereocenters. The van der Waals surface area contributed by atoms with Gasteiger partial charge in [0, 0.05) is 18.0 Å². The van der Waals surface area contributed by atoms with Crippen molar-refractivity contribution >= 4 is 17.6 Å². The summed E-state index contributed by atoms with van der Waals surface area (Å²) in [4.78, 5) is 26.8. The van der Waals surface area contributed by atoms with Gasteiger partial charge in [-0.2, -0.15) is 0 Å². The van der Waals surface area contributed by atoms with Crippen LogP contribution in [-0.4, -0.2) is 28.6 Å². The van der Waals surface area contributed by atoms with Crippen LogP contribution in [0.5, 0.6) is 5.88 Å². The summed E-state index contributed by atoms with van der Waals surface area (Å²) >= 11 is 0. The molecule has 2 rings (SSSR count).